The summed E-state index contributed by atoms with van der Waals surface area (Å²) in [7, 11) is 0. The van der Waals surface area contributed by atoms with E-state index in [1.54, 1.807) is 6.26 Å². The highest BCUT2D eigenvalue weighted by atomic mass is 32.1. The molecule has 0 bridgehead atoms. The van der Waals surface area contributed by atoms with Crippen LogP contribution in [0.1, 0.15) is 12.7 Å². The molecule has 18 heavy (non-hydrogen) atoms. The average Bonchev–Trinajstić information content (AvgIpc) is 2.91. The van der Waals surface area contributed by atoms with Crippen LogP contribution >= 0.6 is 12.2 Å². The number of furan rings is 1. The lowest BCUT2D eigenvalue weighted by Gasteiger charge is -2.06. The molecule has 4 nitrogen and oxygen atoms in total. The summed E-state index contributed by atoms with van der Waals surface area (Å²) in [5, 5.41) is 7.59. The molecule has 1 heterocycles. The van der Waals surface area contributed by atoms with E-state index in [0.29, 0.717) is 10.9 Å². The van der Waals surface area contributed by atoms with E-state index in [1.165, 1.54) is 0 Å². The molecule has 0 aliphatic rings. The van der Waals surface area contributed by atoms with Crippen LogP contribution in [0.4, 0.5) is 5.69 Å². The van der Waals surface area contributed by atoms with Crippen molar-refractivity contribution in [1.82, 2.24) is 5.43 Å². The van der Waals surface area contributed by atoms with Gasteiger partial charge in [0.25, 0.3) is 0 Å². The van der Waals surface area contributed by atoms with Crippen molar-refractivity contribution in [3.63, 3.8) is 0 Å². The van der Waals surface area contributed by atoms with E-state index in [9.17, 15) is 0 Å². The average molecular weight is 259 g/mol. The summed E-state index contributed by atoms with van der Waals surface area (Å²) in [4.78, 5) is 0. The quantitative estimate of drug-likeness (QED) is 0.505. The minimum atomic E-state index is 0.437. The molecule has 0 amide bonds. The smallest absolute Gasteiger partial charge is 0.191 e. The van der Waals surface area contributed by atoms with Gasteiger partial charge in [-0.15, -0.1) is 0 Å². The number of benzene rings is 1. The Morgan fingerprint density at radius 1 is 1.17 bits per heavy atom. The molecule has 2 rings (SSSR count). The van der Waals surface area contributed by atoms with Crippen LogP contribution in [0, 0.1) is 0 Å². The molecule has 0 spiro atoms. The number of anilines is 1. The van der Waals surface area contributed by atoms with Crippen molar-refractivity contribution in [1.29, 1.82) is 0 Å². The highest BCUT2D eigenvalue weighted by molar-refractivity contribution is 7.80. The lowest BCUT2D eigenvalue weighted by Crippen LogP contribution is -2.24. The van der Waals surface area contributed by atoms with Crippen molar-refractivity contribution in [3.8, 4) is 0 Å². The Morgan fingerprint density at radius 2 is 1.94 bits per heavy atom. The molecule has 1 aromatic heterocycles. The third-order valence-electron chi connectivity index (χ3n) is 2.23. The maximum atomic E-state index is 5.21. The number of rotatable bonds is 3. The Morgan fingerprint density at radius 3 is 2.61 bits per heavy atom. The first-order valence-electron chi connectivity index (χ1n) is 5.46. The van der Waals surface area contributed by atoms with Gasteiger partial charge in [-0.05, 0) is 43.4 Å². The van der Waals surface area contributed by atoms with E-state index < -0.39 is 0 Å². The zero-order valence-electron chi connectivity index (χ0n) is 9.88. The van der Waals surface area contributed by atoms with Crippen molar-refractivity contribution in [2.75, 3.05) is 5.32 Å². The molecule has 0 aliphatic heterocycles. The van der Waals surface area contributed by atoms with Gasteiger partial charge in [0.15, 0.2) is 5.11 Å². The van der Waals surface area contributed by atoms with Gasteiger partial charge < -0.3 is 9.73 Å². The van der Waals surface area contributed by atoms with E-state index in [1.807, 2.05) is 49.4 Å². The van der Waals surface area contributed by atoms with E-state index in [0.717, 1.165) is 11.4 Å². The highest BCUT2D eigenvalue weighted by Crippen LogP contribution is 2.04. The predicted molar refractivity (Wildman–Crippen MR) is 76.7 cm³/mol. The molecule has 92 valence electrons. The van der Waals surface area contributed by atoms with Crippen LogP contribution in [-0.4, -0.2) is 10.8 Å². The largest absolute Gasteiger partial charge is 0.463 e. The molecular weight excluding hydrogens is 246 g/mol. The van der Waals surface area contributed by atoms with Gasteiger partial charge >= 0.3 is 0 Å². The van der Waals surface area contributed by atoms with Gasteiger partial charge in [-0.3, -0.25) is 5.43 Å². The Hall–Kier alpha value is -2.14. The maximum Gasteiger partial charge on any atom is 0.191 e. The third-order valence-corrected chi connectivity index (χ3v) is 2.43. The molecule has 2 N–H and O–H groups in total. The second-order valence-electron chi connectivity index (χ2n) is 3.61. The first kappa shape index (κ1) is 12.3. The molecule has 0 aliphatic carbocycles. The minimum Gasteiger partial charge on any atom is -0.463 e. The molecule has 2 aromatic rings. The molecule has 0 saturated carbocycles. The Labute approximate surface area is 111 Å². The van der Waals surface area contributed by atoms with Crippen molar-refractivity contribution < 1.29 is 4.42 Å². The normalized spacial score (nSPS) is 11.1. The van der Waals surface area contributed by atoms with Gasteiger partial charge in [0.1, 0.15) is 11.5 Å². The lowest BCUT2D eigenvalue weighted by molar-refractivity contribution is 0.556. The van der Waals surface area contributed by atoms with Gasteiger partial charge in [0, 0.05) is 5.69 Å². The fourth-order valence-corrected chi connectivity index (χ4v) is 1.52. The first-order valence-corrected chi connectivity index (χ1v) is 5.87. The molecule has 0 radical (unpaired) electrons. The lowest BCUT2D eigenvalue weighted by atomic mass is 10.3. The summed E-state index contributed by atoms with van der Waals surface area (Å²) >= 11 is 5.12. The first-order chi connectivity index (χ1) is 8.75. The molecule has 0 unspecified atom stereocenters. The van der Waals surface area contributed by atoms with Crippen LogP contribution in [0.2, 0.25) is 0 Å². The van der Waals surface area contributed by atoms with Crippen molar-refractivity contribution in [2.45, 2.75) is 6.92 Å². The molecule has 1 aromatic carbocycles. The SMILES string of the molecule is C/C(=N\NC(=S)Nc1ccccc1)c1ccco1. The predicted octanol–water partition coefficient (Wildman–Crippen LogP) is 2.99. The van der Waals surface area contributed by atoms with Gasteiger partial charge in [-0.2, -0.15) is 5.10 Å². The fraction of sp³-hybridized carbons (Fsp3) is 0.0769. The molecule has 0 saturated heterocycles. The van der Waals surface area contributed by atoms with Gasteiger partial charge in [0.2, 0.25) is 0 Å². The van der Waals surface area contributed by atoms with Gasteiger partial charge in [-0.1, -0.05) is 18.2 Å². The summed E-state index contributed by atoms with van der Waals surface area (Å²) in [6, 6.07) is 13.3. The van der Waals surface area contributed by atoms with Gasteiger partial charge in [-0.25, -0.2) is 0 Å². The number of hydrazone groups is 1. The van der Waals surface area contributed by atoms with Crippen molar-refractivity contribution >= 4 is 28.7 Å². The van der Waals surface area contributed by atoms with Gasteiger partial charge in [0.05, 0.1) is 6.26 Å². The summed E-state index contributed by atoms with van der Waals surface area (Å²) in [6.45, 7) is 1.84. The van der Waals surface area contributed by atoms with Crippen LogP contribution < -0.4 is 10.7 Å². The summed E-state index contributed by atoms with van der Waals surface area (Å²) < 4.78 is 5.21. The summed E-state index contributed by atoms with van der Waals surface area (Å²) in [6.07, 6.45) is 1.61. The number of hydrogen-bond donors (Lipinski definition) is 2. The van der Waals surface area contributed by atoms with E-state index in [2.05, 4.69) is 15.8 Å². The Kier molecular flexibility index (Phi) is 4.09. The van der Waals surface area contributed by atoms with Crippen LogP contribution in [0.5, 0.6) is 0 Å². The van der Waals surface area contributed by atoms with E-state index in [4.69, 9.17) is 16.6 Å². The zero-order valence-corrected chi connectivity index (χ0v) is 10.7. The van der Waals surface area contributed by atoms with Crippen LogP contribution in [-0.2, 0) is 0 Å². The summed E-state index contributed by atoms with van der Waals surface area (Å²) in [5.41, 5.74) is 4.42. The number of hydrogen-bond acceptors (Lipinski definition) is 3. The van der Waals surface area contributed by atoms with E-state index in [-0.39, 0.29) is 0 Å². The number of nitrogens with one attached hydrogen (secondary N) is 2. The topological polar surface area (TPSA) is 49.6 Å². The molecule has 0 atom stereocenters. The van der Waals surface area contributed by atoms with Crippen molar-refractivity contribution in [3.05, 3.63) is 54.5 Å². The number of para-hydroxylation sites is 1. The second kappa shape index (κ2) is 5.97. The van der Waals surface area contributed by atoms with Crippen LogP contribution in [0.25, 0.3) is 0 Å². The Bertz CT molecular complexity index is 535. The molecule has 0 fully saturated rings. The van der Waals surface area contributed by atoms with Crippen molar-refractivity contribution in [2.24, 2.45) is 5.10 Å². The second-order valence-corrected chi connectivity index (χ2v) is 4.01. The minimum absolute atomic E-state index is 0.437. The van der Waals surface area contributed by atoms with Crippen LogP contribution in [0.3, 0.4) is 0 Å². The summed E-state index contributed by atoms with van der Waals surface area (Å²) in [5.74, 6) is 0.713. The standard InChI is InChI=1S/C13H13N3OS/c1-10(12-8-5-9-17-12)15-16-13(18)14-11-6-3-2-4-7-11/h2-9H,1H3,(H2,14,16,18)/b15-10+. The molecule has 5 heteroatoms. The van der Waals surface area contributed by atoms with Crippen LogP contribution in [0.15, 0.2) is 58.2 Å². The zero-order chi connectivity index (χ0) is 12.8. The third kappa shape index (κ3) is 3.43. The monoisotopic (exact) mass is 259 g/mol. The Balaban J connectivity index is 1.91. The number of thiocarbonyl (C=S) groups is 1. The van der Waals surface area contributed by atoms with E-state index >= 15 is 0 Å². The molecular formula is C13H13N3OS. The highest BCUT2D eigenvalue weighted by Gasteiger charge is 2.00. The fourth-order valence-electron chi connectivity index (χ4n) is 1.35. The maximum absolute atomic E-state index is 5.21. The number of nitrogens with zero attached hydrogens (tertiary/aromatic N) is 1.